The van der Waals surface area contributed by atoms with Gasteiger partial charge in [-0.05, 0) is 12.8 Å². The largest absolute Gasteiger partial charge is 0.480 e. The lowest BCUT2D eigenvalue weighted by Gasteiger charge is -2.23. The fraction of sp³-hybridized carbons (Fsp3) is 0.800. The predicted octanol–water partition coefficient (Wildman–Crippen LogP) is 1.50. The molecule has 1 N–H and O–H groups in total. The van der Waals surface area contributed by atoms with Crippen molar-refractivity contribution in [2.24, 2.45) is 0 Å². The summed E-state index contributed by atoms with van der Waals surface area (Å²) >= 11 is 0. The molecule has 0 bridgehead atoms. The van der Waals surface area contributed by atoms with Gasteiger partial charge in [0.15, 0.2) is 0 Å². The molecule has 0 spiro atoms. The molecule has 0 aromatic heterocycles. The molecule has 0 fully saturated rings. The summed E-state index contributed by atoms with van der Waals surface area (Å²) in [5, 5.41) is 8.82. The zero-order valence-electron chi connectivity index (χ0n) is 9.12. The average molecular weight is 201 g/mol. The first-order valence-corrected chi connectivity index (χ1v) is 5.03. The number of unbranched alkanes of at least 4 members (excludes halogenated alkanes) is 1. The number of rotatable bonds is 6. The Labute approximate surface area is 84.9 Å². The van der Waals surface area contributed by atoms with Gasteiger partial charge in [0.2, 0.25) is 5.91 Å². The first-order chi connectivity index (χ1) is 6.54. The van der Waals surface area contributed by atoms with Crippen molar-refractivity contribution < 1.29 is 14.7 Å². The van der Waals surface area contributed by atoms with E-state index in [4.69, 9.17) is 5.11 Å². The van der Waals surface area contributed by atoms with Crippen LogP contribution >= 0.6 is 0 Å². The summed E-state index contributed by atoms with van der Waals surface area (Å²) in [5.41, 5.74) is 0. The second-order valence-corrected chi connectivity index (χ2v) is 3.37. The summed E-state index contributed by atoms with van der Waals surface area (Å²) < 4.78 is 0. The maximum Gasteiger partial charge on any atom is 0.326 e. The van der Waals surface area contributed by atoms with Crippen LogP contribution in [0.1, 0.15) is 39.5 Å². The van der Waals surface area contributed by atoms with Crippen LogP contribution in [-0.4, -0.2) is 35.0 Å². The van der Waals surface area contributed by atoms with E-state index in [1.807, 2.05) is 6.92 Å². The van der Waals surface area contributed by atoms with Crippen molar-refractivity contribution in [3.05, 3.63) is 0 Å². The number of nitrogens with zero attached hydrogens (tertiary/aromatic N) is 1. The Kier molecular flexibility index (Phi) is 5.92. The molecule has 0 aliphatic carbocycles. The third-order valence-electron chi connectivity index (χ3n) is 2.28. The smallest absolute Gasteiger partial charge is 0.326 e. The minimum absolute atomic E-state index is 0.0823. The molecule has 1 unspecified atom stereocenters. The minimum atomic E-state index is -0.931. The standard InChI is InChI=1S/C10H19NO3/c1-4-6-7-9(12)11(3)8(5-2)10(13)14/h8H,4-7H2,1-3H3,(H,13,14). The second-order valence-electron chi connectivity index (χ2n) is 3.37. The second kappa shape index (κ2) is 6.40. The fourth-order valence-corrected chi connectivity index (χ4v) is 1.29. The van der Waals surface area contributed by atoms with E-state index in [9.17, 15) is 9.59 Å². The molecule has 14 heavy (non-hydrogen) atoms. The van der Waals surface area contributed by atoms with E-state index in [2.05, 4.69) is 0 Å². The molecule has 1 atom stereocenters. The van der Waals surface area contributed by atoms with Crippen LogP contribution in [0, 0.1) is 0 Å². The minimum Gasteiger partial charge on any atom is -0.480 e. The third kappa shape index (κ3) is 3.77. The van der Waals surface area contributed by atoms with E-state index in [0.717, 1.165) is 12.8 Å². The normalized spacial score (nSPS) is 12.2. The molecule has 0 saturated heterocycles. The van der Waals surface area contributed by atoms with Gasteiger partial charge in [0.1, 0.15) is 6.04 Å². The van der Waals surface area contributed by atoms with E-state index in [0.29, 0.717) is 12.8 Å². The number of carboxylic acid groups (broad SMARTS) is 1. The van der Waals surface area contributed by atoms with Crippen LogP contribution in [0.3, 0.4) is 0 Å². The van der Waals surface area contributed by atoms with E-state index >= 15 is 0 Å². The molecule has 0 aliphatic heterocycles. The molecule has 4 nitrogen and oxygen atoms in total. The van der Waals surface area contributed by atoms with Gasteiger partial charge in [-0.1, -0.05) is 20.3 Å². The van der Waals surface area contributed by atoms with Crippen molar-refractivity contribution in [2.75, 3.05) is 7.05 Å². The Bertz CT molecular complexity index is 204. The Morgan fingerprint density at radius 2 is 1.93 bits per heavy atom. The third-order valence-corrected chi connectivity index (χ3v) is 2.28. The Balaban J connectivity index is 4.20. The summed E-state index contributed by atoms with van der Waals surface area (Å²) in [5.74, 6) is -1.01. The van der Waals surface area contributed by atoms with Gasteiger partial charge in [-0.25, -0.2) is 4.79 Å². The summed E-state index contributed by atoms with van der Waals surface area (Å²) in [4.78, 5) is 23.6. The van der Waals surface area contributed by atoms with Crippen molar-refractivity contribution >= 4 is 11.9 Å². The summed E-state index contributed by atoms with van der Waals surface area (Å²) in [6.07, 6.45) is 2.66. The molecule has 4 heteroatoms. The van der Waals surface area contributed by atoms with Crippen molar-refractivity contribution in [3.63, 3.8) is 0 Å². The predicted molar refractivity (Wildman–Crippen MR) is 54.0 cm³/mol. The number of amides is 1. The molecular weight excluding hydrogens is 182 g/mol. The average Bonchev–Trinajstić information content (AvgIpc) is 2.14. The van der Waals surface area contributed by atoms with Gasteiger partial charge < -0.3 is 10.0 Å². The lowest BCUT2D eigenvalue weighted by atomic mass is 10.1. The number of hydrogen-bond acceptors (Lipinski definition) is 2. The van der Waals surface area contributed by atoms with Crippen LogP contribution < -0.4 is 0 Å². The number of carbonyl (C=O) groups excluding carboxylic acids is 1. The highest BCUT2D eigenvalue weighted by Crippen LogP contribution is 2.06. The molecule has 82 valence electrons. The van der Waals surface area contributed by atoms with Crippen LogP contribution in [0.25, 0.3) is 0 Å². The van der Waals surface area contributed by atoms with Crippen LogP contribution in [0.15, 0.2) is 0 Å². The fourth-order valence-electron chi connectivity index (χ4n) is 1.29. The molecule has 1 amide bonds. The van der Waals surface area contributed by atoms with Crippen molar-refractivity contribution in [1.29, 1.82) is 0 Å². The van der Waals surface area contributed by atoms with E-state index in [1.54, 1.807) is 14.0 Å². The molecule has 0 aliphatic rings. The van der Waals surface area contributed by atoms with Crippen LogP contribution in [-0.2, 0) is 9.59 Å². The van der Waals surface area contributed by atoms with Crippen molar-refractivity contribution in [2.45, 2.75) is 45.6 Å². The monoisotopic (exact) mass is 201 g/mol. The summed E-state index contributed by atoms with van der Waals surface area (Å²) in [6.45, 7) is 3.77. The zero-order valence-corrected chi connectivity index (χ0v) is 9.12. The Hall–Kier alpha value is -1.06. The first kappa shape index (κ1) is 12.9. The number of carboxylic acids is 1. The highest BCUT2D eigenvalue weighted by molar-refractivity contribution is 5.83. The van der Waals surface area contributed by atoms with Gasteiger partial charge >= 0.3 is 5.97 Å². The summed E-state index contributed by atoms with van der Waals surface area (Å²) in [7, 11) is 1.56. The van der Waals surface area contributed by atoms with E-state index < -0.39 is 12.0 Å². The van der Waals surface area contributed by atoms with Crippen LogP contribution in [0.2, 0.25) is 0 Å². The van der Waals surface area contributed by atoms with Gasteiger partial charge in [-0.15, -0.1) is 0 Å². The van der Waals surface area contributed by atoms with Gasteiger partial charge in [0.25, 0.3) is 0 Å². The zero-order chi connectivity index (χ0) is 11.1. The molecule has 0 aromatic carbocycles. The quantitative estimate of drug-likeness (QED) is 0.708. The van der Waals surface area contributed by atoms with Crippen LogP contribution in [0.4, 0.5) is 0 Å². The van der Waals surface area contributed by atoms with Crippen molar-refractivity contribution in [3.8, 4) is 0 Å². The van der Waals surface area contributed by atoms with E-state index in [-0.39, 0.29) is 5.91 Å². The Morgan fingerprint density at radius 1 is 1.36 bits per heavy atom. The van der Waals surface area contributed by atoms with Gasteiger partial charge in [0, 0.05) is 13.5 Å². The summed E-state index contributed by atoms with van der Waals surface area (Å²) in [6, 6.07) is -0.681. The molecule has 0 radical (unpaired) electrons. The highest BCUT2D eigenvalue weighted by Gasteiger charge is 2.23. The van der Waals surface area contributed by atoms with E-state index in [1.165, 1.54) is 4.90 Å². The maximum absolute atomic E-state index is 11.5. The number of likely N-dealkylation sites (N-methyl/N-ethyl adjacent to an activating group) is 1. The molecule has 0 heterocycles. The highest BCUT2D eigenvalue weighted by atomic mass is 16.4. The van der Waals surface area contributed by atoms with Gasteiger partial charge in [0.05, 0.1) is 0 Å². The molecule has 0 aromatic rings. The molecule has 0 rings (SSSR count). The van der Waals surface area contributed by atoms with Crippen LogP contribution in [0.5, 0.6) is 0 Å². The number of hydrogen-bond donors (Lipinski definition) is 1. The van der Waals surface area contributed by atoms with Gasteiger partial charge in [-0.2, -0.15) is 0 Å². The number of carbonyl (C=O) groups is 2. The van der Waals surface area contributed by atoms with Crippen molar-refractivity contribution in [1.82, 2.24) is 4.90 Å². The lowest BCUT2D eigenvalue weighted by Crippen LogP contribution is -2.41. The maximum atomic E-state index is 11.5. The first-order valence-electron chi connectivity index (χ1n) is 5.03. The topological polar surface area (TPSA) is 57.6 Å². The number of aliphatic carboxylic acids is 1. The lowest BCUT2D eigenvalue weighted by molar-refractivity contribution is -0.149. The SMILES string of the molecule is CCCCC(=O)N(C)C(CC)C(=O)O. The molecular formula is C10H19NO3. The van der Waals surface area contributed by atoms with Gasteiger partial charge in [-0.3, -0.25) is 4.79 Å². The molecule has 0 saturated carbocycles. The Morgan fingerprint density at radius 3 is 2.29 bits per heavy atom.